The minimum atomic E-state index is 0.581. The van der Waals surface area contributed by atoms with Crippen LogP contribution in [0, 0.1) is 6.92 Å². The summed E-state index contributed by atoms with van der Waals surface area (Å²) in [6, 6.07) is 14.2. The van der Waals surface area contributed by atoms with Gasteiger partial charge < -0.3 is 25.0 Å². The van der Waals surface area contributed by atoms with Crippen LogP contribution in [0.1, 0.15) is 12.5 Å². The molecule has 2 N–H and O–H groups in total. The van der Waals surface area contributed by atoms with Gasteiger partial charge in [-0.25, -0.2) is 0 Å². The molecule has 0 heterocycles. The molecular weight excluding hydrogens is 346 g/mol. The maximum atomic E-state index is 5.39. The van der Waals surface area contributed by atoms with Crippen molar-refractivity contribution >= 4 is 28.7 Å². The number of ether oxygens (including phenoxy) is 2. The first-order valence-corrected chi connectivity index (χ1v) is 9.06. The van der Waals surface area contributed by atoms with E-state index in [0.29, 0.717) is 16.6 Å². The topological polar surface area (TPSA) is 45.8 Å². The Morgan fingerprint density at radius 2 is 1.73 bits per heavy atom. The highest BCUT2D eigenvalue weighted by Gasteiger charge is 2.07. The molecule has 2 rings (SSSR count). The van der Waals surface area contributed by atoms with E-state index in [1.165, 1.54) is 11.3 Å². The molecule has 26 heavy (non-hydrogen) atoms. The van der Waals surface area contributed by atoms with Gasteiger partial charge in [-0.15, -0.1) is 0 Å². The molecule has 0 aromatic heterocycles. The van der Waals surface area contributed by atoms with Crippen LogP contribution in [0.3, 0.4) is 0 Å². The molecule has 0 aliphatic rings. The lowest BCUT2D eigenvalue weighted by molar-refractivity contribution is 0.355. The predicted octanol–water partition coefficient (Wildman–Crippen LogP) is 3.83. The number of rotatable bonds is 8. The van der Waals surface area contributed by atoms with Gasteiger partial charge in [-0.3, -0.25) is 0 Å². The van der Waals surface area contributed by atoms with Gasteiger partial charge in [0, 0.05) is 37.1 Å². The normalized spacial score (nSPS) is 10.2. The fourth-order valence-corrected chi connectivity index (χ4v) is 2.84. The quantitative estimate of drug-likeness (QED) is 0.686. The second-order valence-electron chi connectivity index (χ2n) is 5.87. The first-order valence-electron chi connectivity index (χ1n) is 8.65. The minimum absolute atomic E-state index is 0.581. The van der Waals surface area contributed by atoms with Gasteiger partial charge in [0.05, 0.1) is 14.2 Å². The number of hydrogen-bond acceptors (Lipinski definition) is 4. The third-order valence-corrected chi connectivity index (χ3v) is 4.34. The highest BCUT2D eigenvalue weighted by atomic mass is 32.1. The van der Waals surface area contributed by atoms with E-state index in [2.05, 4.69) is 53.6 Å². The van der Waals surface area contributed by atoms with E-state index in [9.17, 15) is 0 Å². The molecule has 0 saturated carbocycles. The summed E-state index contributed by atoms with van der Waals surface area (Å²) in [5, 5.41) is 7.00. The van der Waals surface area contributed by atoms with Gasteiger partial charge >= 0.3 is 0 Å². The van der Waals surface area contributed by atoms with Gasteiger partial charge in [-0.1, -0.05) is 17.7 Å². The zero-order valence-electron chi connectivity index (χ0n) is 15.8. The third-order valence-electron chi connectivity index (χ3n) is 4.09. The van der Waals surface area contributed by atoms with Crippen LogP contribution >= 0.6 is 12.2 Å². The number of hydrogen-bond donors (Lipinski definition) is 2. The van der Waals surface area contributed by atoms with Crippen molar-refractivity contribution in [3.8, 4) is 11.5 Å². The summed E-state index contributed by atoms with van der Waals surface area (Å²) < 4.78 is 10.6. The van der Waals surface area contributed by atoms with Gasteiger partial charge in [0.15, 0.2) is 16.6 Å². The van der Waals surface area contributed by atoms with Gasteiger partial charge in [-0.05, 0) is 50.3 Å². The monoisotopic (exact) mass is 373 g/mol. The van der Waals surface area contributed by atoms with E-state index in [4.69, 9.17) is 21.7 Å². The lowest BCUT2D eigenvalue weighted by atomic mass is 10.2. The minimum Gasteiger partial charge on any atom is -0.493 e. The van der Waals surface area contributed by atoms with Crippen molar-refractivity contribution in [2.45, 2.75) is 13.8 Å². The molecule has 140 valence electrons. The summed E-state index contributed by atoms with van der Waals surface area (Å²) in [5.74, 6) is 1.35. The van der Waals surface area contributed by atoms with Crippen LogP contribution in [0.15, 0.2) is 42.5 Å². The van der Waals surface area contributed by atoms with Crippen molar-refractivity contribution in [2.24, 2.45) is 0 Å². The van der Waals surface area contributed by atoms with E-state index >= 15 is 0 Å². The van der Waals surface area contributed by atoms with Crippen molar-refractivity contribution in [1.29, 1.82) is 0 Å². The maximum absolute atomic E-state index is 5.39. The van der Waals surface area contributed by atoms with Crippen LogP contribution in [-0.4, -0.2) is 39.0 Å². The maximum Gasteiger partial charge on any atom is 0.170 e. The standard InChI is InChI=1S/C20H27N3O2S/c1-5-23(17-9-6-15(2)7-10-17)13-12-21-20(26)22-16-8-11-18(24-3)19(14-16)25-4/h6-11,14H,5,12-13H2,1-4H3,(H2,21,22,26). The van der Waals surface area contributed by atoms with Crippen LogP contribution in [0.5, 0.6) is 11.5 Å². The van der Waals surface area contributed by atoms with Crippen molar-refractivity contribution in [2.75, 3.05) is 44.1 Å². The number of benzene rings is 2. The van der Waals surface area contributed by atoms with Crippen molar-refractivity contribution in [1.82, 2.24) is 5.32 Å². The third kappa shape index (κ3) is 5.52. The smallest absolute Gasteiger partial charge is 0.170 e. The molecule has 0 amide bonds. The molecule has 0 fully saturated rings. The summed E-state index contributed by atoms with van der Waals surface area (Å²) in [4.78, 5) is 2.31. The van der Waals surface area contributed by atoms with Gasteiger partial charge in [0.25, 0.3) is 0 Å². The van der Waals surface area contributed by atoms with Crippen molar-refractivity contribution in [3.63, 3.8) is 0 Å². The van der Waals surface area contributed by atoms with E-state index < -0.39 is 0 Å². The Morgan fingerprint density at radius 3 is 2.35 bits per heavy atom. The van der Waals surface area contributed by atoms with Crippen LogP contribution < -0.4 is 25.0 Å². The number of likely N-dealkylation sites (N-methyl/N-ethyl adjacent to an activating group) is 1. The van der Waals surface area contributed by atoms with E-state index in [1.54, 1.807) is 14.2 Å². The Hall–Kier alpha value is -2.47. The van der Waals surface area contributed by atoms with Gasteiger partial charge in [0.1, 0.15) is 0 Å². The molecule has 0 bridgehead atoms. The molecule has 0 aliphatic carbocycles. The summed E-state index contributed by atoms with van der Waals surface area (Å²) in [5.41, 5.74) is 3.34. The Balaban J connectivity index is 1.85. The number of thiocarbonyl (C=S) groups is 1. The van der Waals surface area contributed by atoms with Crippen LogP contribution in [-0.2, 0) is 0 Å². The molecule has 0 spiro atoms. The first kappa shape index (κ1) is 19.8. The molecule has 0 unspecified atom stereocenters. The average molecular weight is 374 g/mol. The molecular formula is C20H27N3O2S. The Morgan fingerprint density at radius 1 is 1.04 bits per heavy atom. The number of anilines is 2. The zero-order chi connectivity index (χ0) is 18.9. The van der Waals surface area contributed by atoms with Crippen molar-refractivity contribution < 1.29 is 9.47 Å². The van der Waals surface area contributed by atoms with Gasteiger partial charge in [-0.2, -0.15) is 0 Å². The molecule has 0 aliphatic heterocycles. The highest BCUT2D eigenvalue weighted by molar-refractivity contribution is 7.80. The zero-order valence-corrected chi connectivity index (χ0v) is 16.7. The number of methoxy groups -OCH3 is 2. The Kier molecular flexibility index (Phi) is 7.53. The molecule has 2 aromatic rings. The molecule has 0 radical (unpaired) electrons. The van der Waals surface area contributed by atoms with Crippen LogP contribution in [0.2, 0.25) is 0 Å². The fourth-order valence-electron chi connectivity index (χ4n) is 2.62. The second-order valence-corrected chi connectivity index (χ2v) is 6.27. The SMILES string of the molecule is CCN(CCNC(=S)Nc1ccc(OC)c(OC)c1)c1ccc(C)cc1. The Bertz CT molecular complexity index is 719. The number of nitrogens with zero attached hydrogens (tertiary/aromatic N) is 1. The predicted molar refractivity (Wildman–Crippen MR) is 113 cm³/mol. The summed E-state index contributed by atoms with van der Waals surface area (Å²) in [6.07, 6.45) is 0. The number of aryl methyl sites for hydroxylation is 1. The first-order chi connectivity index (χ1) is 12.6. The largest absolute Gasteiger partial charge is 0.493 e. The molecule has 0 saturated heterocycles. The lowest BCUT2D eigenvalue weighted by Gasteiger charge is -2.24. The summed E-state index contributed by atoms with van der Waals surface area (Å²) in [6.45, 7) is 6.81. The van der Waals surface area contributed by atoms with E-state index in [0.717, 1.165) is 25.3 Å². The Labute approximate surface area is 161 Å². The highest BCUT2D eigenvalue weighted by Crippen LogP contribution is 2.29. The molecule has 5 nitrogen and oxygen atoms in total. The van der Waals surface area contributed by atoms with Gasteiger partial charge in [0.2, 0.25) is 0 Å². The number of nitrogens with one attached hydrogen (secondary N) is 2. The summed E-state index contributed by atoms with van der Waals surface area (Å²) >= 11 is 5.39. The van der Waals surface area contributed by atoms with Crippen molar-refractivity contribution in [3.05, 3.63) is 48.0 Å². The fraction of sp³-hybridized carbons (Fsp3) is 0.350. The average Bonchev–Trinajstić information content (AvgIpc) is 2.66. The second kappa shape index (κ2) is 9.87. The van der Waals surface area contributed by atoms with Crippen LogP contribution in [0.4, 0.5) is 11.4 Å². The summed E-state index contributed by atoms with van der Waals surface area (Å²) in [7, 11) is 3.23. The van der Waals surface area contributed by atoms with E-state index in [-0.39, 0.29) is 0 Å². The van der Waals surface area contributed by atoms with Crippen LogP contribution in [0.25, 0.3) is 0 Å². The van der Waals surface area contributed by atoms with E-state index in [1.807, 2.05) is 18.2 Å². The molecule has 0 atom stereocenters. The molecule has 2 aromatic carbocycles. The lowest BCUT2D eigenvalue weighted by Crippen LogP contribution is -2.36. The molecule has 6 heteroatoms.